The van der Waals surface area contributed by atoms with E-state index in [4.69, 9.17) is 9.15 Å². The van der Waals surface area contributed by atoms with Crippen LogP contribution in [0.1, 0.15) is 31.0 Å². The number of fused-ring (bicyclic) bond motifs is 1. The van der Waals surface area contributed by atoms with Gasteiger partial charge in [0.05, 0.1) is 12.0 Å². The predicted octanol–water partition coefficient (Wildman–Crippen LogP) is 2.80. The minimum Gasteiger partial charge on any atom is -1.00 e. The summed E-state index contributed by atoms with van der Waals surface area (Å²) in [5.74, 6) is 1.06. The minimum atomic E-state index is -0.210. The Hall–Kier alpha value is -3.59. The van der Waals surface area contributed by atoms with Gasteiger partial charge in [-0.25, -0.2) is 4.39 Å². The van der Waals surface area contributed by atoms with Crippen molar-refractivity contribution in [3.63, 3.8) is 0 Å². The molecule has 2 aromatic heterocycles. The number of H-pyrrole nitrogens is 1. The number of unbranched alkanes of at least 4 members (excludes halogenated alkanes) is 1. The van der Waals surface area contributed by atoms with E-state index in [0.717, 1.165) is 41.7 Å². The summed E-state index contributed by atoms with van der Waals surface area (Å²) in [6, 6.07) is 21.2. The first-order valence-electron chi connectivity index (χ1n) is 11.6. The number of halogens is 1. The fourth-order valence-electron chi connectivity index (χ4n) is 3.84. The fraction of sp³-hybridized carbons (Fsp3) is 0.143. The molecule has 0 atom stereocenters. The summed E-state index contributed by atoms with van der Waals surface area (Å²) < 4.78 is 24.8. The maximum absolute atomic E-state index is 13.0. The van der Waals surface area contributed by atoms with Crippen molar-refractivity contribution in [2.75, 3.05) is 6.61 Å². The molecule has 1 N–H and O–H groups in total. The normalized spacial score (nSPS) is 11.1. The standard InChI is InChI=1S/C28H23FN4O3.Na.H/c29-22-13-8-19(9-14-22)4-1-2-17-35-23-15-10-20(11-16-23)7-12-21-5-3-6-24-25(34)18-26(36-27(21)24)28-30-32-33-31-28;;/h3,5-16,18H,1-2,4,17H2,(H,30,31,32,33);;/q;+1;-1/b12-7+;;. The Bertz CT molecular complexity index is 1540. The molecule has 0 unspecified atom stereocenters. The summed E-state index contributed by atoms with van der Waals surface area (Å²) in [6.45, 7) is 0.619. The van der Waals surface area contributed by atoms with Gasteiger partial charge in [-0.3, -0.25) is 4.79 Å². The Kier molecular flexibility index (Phi) is 9.00. The Morgan fingerprint density at radius 2 is 1.81 bits per heavy atom. The summed E-state index contributed by atoms with van der Waals surface area (Å²) in [5.41, 5.74) is 3.15. The maximum Gasteiger partial charge on any atom is 1.00 e. The molecule has 182 valence electrons. The van der Waals surface area contributed by atoms with Crippen LogP contribution >= 0.6 is 0 Å². The summed E-state index contributed by atoms with van der Waals surface area (Å²) in [4.78, 5) is 12.6. The molecule has 0 aliphatic rings. The Morgan fingerprint density at radius 3 is 2.57 bits per heavy atom. The van der Waals surface area contributed by atoms with Gasteiger partial charge in [0, 0.05) is 11.6 Å². The van der Waals surface area contributed by atoms with E-state index >= 15 is 0 Å². The van der Waals surface area contributed by atoms with Crippen LogP contribution in [0.15, 0.2) is 82.0 Å². The van der Waals surface area contributed by atoms with E-state index in [9.17, 15) is 9.18 Å². The number of rotatable bonds is 9. The molecule has 0 amide bonds. The van der Waals surface area contributed by atoms with E-state index in [1.807, 2.05) is 60.7 Å². The fourth-order valence-corrected chi connectivity index (χ4v) is 3.84. The number of nitrogens with one attached hydrogen (secondary N) is 1. The van der Waals surface area contributed by atoms with E-state index in [0.29, 0.717) is 17.6 Å². The molecule has 5 aromatic rings. The zero-order valence-corrected chi connectivity index (χ0v) is 22.4. The molecule has 0 radical (unpaired) electrons. The van der Waals surface area contributed by atoms with Crippen LogP contribution in [0.3, 0.4) is 0 Å². The van der Waals surface area contributed by atoms with Crippen LogP contribution in [-0.2, 0) is 6.42 Å². The molecular formula is C28H24FN4NaO3. The topological polar surface area (TPSA) is 93.9 Å². The van der Waals surface area contributed by atoms with Gasteiger partial charge in [0.2, 0.25) is 5.82 Å². The first-order valence-corrected chi connectivity index (χ1v) is 11.6. The number of benzene rings is 3. The van der Waals surface area contributed by atoms with Crippen LogP contribution in [0.25, 0.3) is 34.7 Å². The molecular weight excluding hydrogens is 482 g/mol. The number of aromatic amines is 1. The second-order valence-electron chi connectivity index (χ2n) is 8.27. The Morgan fingerprint density at radius 1 is 1.00 bits per heavy atom. The number of tetrazole rings is 1. The molecule has 0 saturated carbocycles. The molecule has 0 spiro atoms. The number of ether oxygens (including phenoxy) is 1. The number of hydrogen-bond donors (Lipinski definition) is 1. The molecule has 7 nitrogen and oxygen atoms in total. The van der Waals surface area contributed by atoms with Crippen molar-refractivity contribution in [3.8, 4) is 17.3 Å². The van der Waals surface area contributed by atoms with Gasteiger partial charge in [-0.15, -0.1) is 10.2 Å². The van der Waals surface area contributed by atoms with Crippen LogP contribution in [0, 0.1) is 5.82 Å². The minimum absolute atomic E-state index is 0. The molecule has 2 heterocycles. The maximum atomic E-state index is 13.0. The molecule has 37 heavy (non-hydrogen) atoms. The van der Waals surface area contributed by atoms with Crippen LogP contribution in [0.4, 0.5) is 4.39 Å². The van der Waals surface area contributed by atoms with Gasteiger partial charge in [-0.1, -0.05) is 48.6 Å². The quantitative estimate of drug-likeness (QED) is 0.188. The number of aryl methyl sites for hydroxylation is 1. The van der Waals surface area contributed by atoms with E-state index in [1.54, 1.807) is 6.07 Å². The molecule has 0 fully saturated rings. The number of aromatic nitrogens is 4. The largest absolute Gasteiger partial charge is 1.00 e. The Labute approximate surface area is 236 Å². The molecule has 0 aliphatic carbocycles. The molecule has 9 heteroatoms. The Balaban J connectivity index is 0.00000200. The second-order valence-corrected chi connectivity index (χ2v) is 8.27. The smallest absolute Gasteiger partial charge is 1.00 e. The van der Waals surface area contributed by atoms with Crippen LogP contribution in [-0.4, -0.2) is 27.2 Å². The van der Waals surface area contributed by atoms with Gasteiger partial charge in [-0.05, 0) is 65.9 Å². The van der Waals surface area contributed by atoms with Gasteiger partial charge >= 0.3 is 29.6 Å². The van der Waals surface area contributed by atoms with Crippen LogP contribution < -0.4 is 39.7 Å². The van der Waals surface area contributed by atoms with Crippen LogP contribution in [0.5, 0.6) is 5.75 Å². The van der Waals surface area contributed by atoms with Gasteiger partial charge < -0.3 is 10.6 Å². The van der Waals surface area contributed by atoms with Gasteiger partial charge in [0.15, 0.2) is 11.2 Å². The third kappa shape index (κ3) is 6.80. The van der Waals surface area contributed by atoms with Crippen molar-refractivity contribution in [1.29, 1.82) is 0 Å². The first-order chi connectivity index (χ1) is 17.7. The third-order valence-electron chi connectivity index (χ3n) is 5.73. The van der Waals surface area contributed by atoms with Crippen molar-refractivity contribution in [2.24, 2.45) is 0 Å². The van der Waals surface area contributed by atoms with Crippen molar-refractivity contribution in [1.82, 2.24) is 20.6 Å². The van der Waals surface area contributed by atoms with Gasteiger partial charge in [0.1, 0.15) is 17.1 Å². The molecule has 0 saturated heterocycles. The summed E-state index contributed by atoms with van der Waals surface area (Å²) >= 11 is 0. The van der Waals surface area contributed by atoms with Crippen molar-refractivity contribution in [3.05, 3.63) is 106 Å². The van der Waals surface area contributed by atoms with E-state index < -0.39 is 0 Å². The summed E-state index contributed by atoms with van der Waals surface area (Å²) in [5, 5.41) is 14.1. The predicted molar refractivity (Wildman–Crippen MR) is 137 cm³/mol. The number of para-hydroxylation sites is 1. The van der Waals surface area contributed by atoms with E-state index in [2.05, 4.69) is 20.6 Å². The average molecular weight is 507 g/mol. The van der Waals surface area contributed by atoms with Crippen molar-refractivity contribution in [2.45, 2.75) is 19.3 Å². The SMILES string of the molecule is O=c1cc(-c2nn[nH]n2)oc2c(/C=C/c3ccc(OCCCCc4ccc(F)cc4)cc3)cccc12.[H-].[Na+]. The zero-order chi connectivity index (χ0) is 24.7. The summed E-state index contributed by atoms with van der Waals surface area (Å²) in [7, 11) is 0. The van der Waals surface area contributed by atoms with Crippen molar-refractivity contribution < 1.29 is 44.5 Å². The molecule has 0 aliphatic heterocycles. The van der Waals surface area contributed by atoms with Crippen molar-refractivity contribution >= 4 is 23.1 Å². The number of hydrogen-bond acceptors (Lipinski definition) is 6. The molecule has 3 aromatic carbocycles. The molecule has 0 bridgehead atoms. The first kappa shape index (κ1) is 26.5. The summed E-state index contributed by atoms with van der Waals surface area (Å²) in [6.07, 6.45) is 6.64. The monoisotopic (exact) mass is 506 g/mol. The van der Waals surface area contributed by atoms with E-state index in [1.165, 1.54) is 18.2 Å². The molecule has 5 rings (SSSR count). The van der Waals surface area contributed by atoms with Gasteiger partial charge in [0.25, 0.3) is 0 Å². The third-order valence-corrected chi connectivity index (χ3v) is 5.73. The average Bonchev–Trinajstić information content (AvgIpc) is 3.44. The number of nitrogens with zero attached hydrogens (tertiary/aromatic N) is 3. The second kappa shape index (κ2) is 12.6. The van der Waals surface area contributed by atoms with Crippen LogP contribution in [0.2, 0.25) is 0 Å². The zero-order valence-electron chi connectivity index (χ0n) is 21.4. The van der Waals surface area contributed by atoms with E-state index in [-0.39, 0.29) is 53.8 Å². The van der Waals surface area contributed by atoms with Gasteiger partial charge in [-0.2, -0.15) is 5.21 Å².